The molecule has 0 atom stereocenters. The number of benzene rings is 2. The topological polar surface area (TPSA) is 56.8 Å². The van der Waals surface area contributed by atoms with Crippen LogP contribution in [0.25, 0.3) is 10.8 Å². The Hall–Kier alpha value is -2.43. The van der Waals surface area contributed by atoms with Crippen molar-refractivity contribution in [2.24, 2.45) is 0 Å². The number of ether oxygens (including phenoxy) is 3. The summed E-state index contributed by atoms with van der Waals surface area (Å²) in [7, 11) is 4.60. The van der Waals surface area contributed by atoms with Crippen molar-refractivity contribution in [2.45, 2.75) is 0 Å². The number of amides is 1. The zero-order valence-electron chi connectivity index (χ0n) is 11.0. The standard InChI is InChI=1S/C14H15NO4/c1-15-14(16)19-13-10-7-5-4-6-9(10)11(17-2)8-12(13)18-3/h4-8H,1-3H3,(H,15,16). The molecule has 5 heteroatoms. The summed E-state index contributed by atoms with van der Waals surface area (Å²) in [5.41, 5.74) is 0. The molecule has 1 amide bonds. The minimum atomic E-state index is -0.548. The van der Waals surface area contributed by atoms with Crippen molar-refractivity contribution >= 4 is 16.9 Å². The van der Waals surface area contributed by atoms with Crippen LogP contribution >= 0.6 is 0 Å². The van der Waals surface area contributed by atoms with Crippen molar-refractivity contribution in [2.75, 3.05) is 21.3 Å². The van der Waals surface area contributed by atoms with Crippen molar-refractivity contribution in [3.8, 4) is 17.2 Å². The lowest BCUT2D eigenvalue weighted by molar-refractivity contribution is 0.201. The number of fused-ring (bicyclic) bond motifs is 1. The molecule has 0 aliphatic carbocycles. The van der Waals surface area contributed by atoms with E-state index in [1.54, 1.807) is 13.2 Å². The van der Waals surface area contributed by atoms with Gasteiger partial charge >= 0.3 is 6.09 Å². The largest absolute Gasteiger partial charge is 0.496 e. The highest BCUT2D eigenvalue weighted by atomic mass is 16.6. The van der Waals surface area contributed by atoms with E-state index in [2.05, 4.69) is 5.32 Å². The first-order valence-electron chi connectivity index (χ1n) is 5.74. The molecular formula is C14H15NO4. The minimum absolute atomic E-state index is 0.373. The second-order valence-corrected chi connectivity index (χ2v) is 3.80. The Balaban J connectivity index is 2.68. The lowest BCUT2D eigenvalue weighted by atomic mass is 10.1. The van der Waals surface area contributed by atoms with Gasteiger partial charge in [0.15, 0.2) is 11.5 Å². The second-order valence-electron chi connectivity index (χ2n) is 3.80. The van der Waals surface area contributed by atoms with E-state index in [0.717, 1.165) is 10.8 Å². The summed E-state index contributed by atoms with van der Waals surface area (Å²) >= 11 is 0. The van der Waals surface area contributed by atoms with E-state index in [-0.39, 0.29) is 0 Å². The van der Waals surface area contributed by atoms with Gasteiger partial charge in [0.1, 0.15) is 5.75 Å². The fraction of sp³-hybridized carbons (Fsp3) is 0.214. The van der Waals surface area contributed by atoms with Gasteiger partial charge in [-0.15, -0.1) is 0 Å². The molecule has 100 valence electrons. The van der Waals surface area contributed by atoms with E-state index >= 15 is 0 Å². The molecule has 2 aromatic carbocycles. The molecular weight excluding hydrogens is 246 g/mol. The first-order valence-corrected chi connectivity index (χ1v) is 5.74. The number of carbonyl (C=O) groups is 1. The number of methoxy groups -OCH3 is 2. The molecule has 0 aromatic heterocycles. The zero-order valence-corrected chi connectivity index (χ0v) is 11.0. The SMILES string of the molecule is CNC(=O)Oc1c(OC)cc(OC)c2ccccc12. The third-order valence-electron chi connectivity index (χ3n) is 2.76. The van der Waals surface area contributed by atoms with Gasteiger partial charge in [0, 0.05) is 23.9 Å². The lowest BCUT2D eigenvalue weighted by Crippen LogP contribution is -2.22. The van der Waals surface area contributed by atoms with Crippen LogP contribution in [0.5, 0.6) is 17.2 Å². The van der Waals surface area contributed by atoms with Crippen LogP contribution in [0.15, 0.2) is 30.3 Å². The van der Waals surface area contributed by atoms with E-state index in [9.17, 15) is 4.79 Å². The molecule has 2 rings (SSSR count). The maximum Gasteiger partial charge on any atom is 0.412 e. The number of hydrogen-bond donors (Lipinski definition) is 1. The third-order valence-corrected chi connectivity index (χ3v) is 2.76. The van der Waals surface area contributed by atoms with E-state index in [0.29, 0.717) is 17.2 Å². The molecule has 19 heavy (non-hydrogen) atoms. The van der Waals surface area contributed by atoms with Gasteiger partial charge in [-0.25, -0.2) is 4.79 Å². The summed E-state index contributed by atoms with van der Waals surface area (Å²) in [6, 6.07) is 9.18. The molecule has 2 aromatic rings. The molecule has 0 spiro atoms. The van der Waals surface area contributed by atoms with E-state index in [1.807, 2.05) is 24.3 Å². The highest BCUT2D eigenvalue weighted by Crippen LogP contribution is 2.41. The average Bonchev–Trinajstić information content (AvgIpc) is 2.47. The smallest absolute Gasteiger partial charge is 0.412 e. The van der Waals surface area contributed by atoms with Crippen LogP contribution in [-0.4, -0.2) is 27.4 Å². The Kier molecular flexibility index (Phi) is 3.75. The fourth-order valence-electron chi connectivity index (χ4n) is 1.86. The highest BCUT2D eigenvalue weighted by Gasteiger charge is 2.16. The van der Waals surface area contributed by atoms with E-state index in [4.69, 9.17) is 14.2 Å². The summed E-state index contributed by atoms with van der Waals surface area (Å²) < 4.78 is 15.8. The molecule has 0 aliphatic heterocycles. The zero-order chi connectivity index (χ0) is 13.8. The molecule has 0 radical (unpaired) electrons. The summed E-state index contributed by atoms with van der Waals surface area (Å²) in [6.07, 6.45) is -0.548. The van der Waals surface area contributed by atoms with Crippen LogP contribution < -0.4 is 19.5 Å². The fourth-order valence-corrected chi connectivity index (χ4v) is 1.86. The van der Waals surface area contributed by atoms with Gasteiger partial charge in [-0.3, -0.25) is 0 Å². The van der Waals surface area contributed by atoms with Crippen LogP contribution in [0, 0.1) is 0 Å². The van der Waals surface area contributed by atoms with Gasteiger partial charge in [-0.1, -0.05) is 24.3 Å². The maximum absolute atomic E-state index is 11.4. The van der Waals surface area contributed by atoms with Gasteiger partial charge in [-0.05, 0) is 0 Å². The van der Waals surface area contributed by atoms with Gasteiger partial charge < -0.3 is 19.5 Å². The monoisotopic (exact) mass is 261 g/mol. The summed E-state index contributed by atoms with van der Waals surface area (Å²) in [5, 5.41) is 4.01. The average molecular weight is 261 g/mol. The molecule has 0 unspecified atom stereocenters. The van der Waals surface area contributed by atoms with Gasteiger partial charge in [-0.2, -0.15) is 0 Å². The Morgan fingerprint density at radius 3 is 2.26 bits per heavy atom. The number of carbonyl (C=O) groups excluding carboxylic acids is 1. The Labute approximate surface area is 111 Å². The van der Waals surface area contributed by atoms with Crippen LogP contribution in [0.4, 0.5) is 4.79 Å². The lowest BCUT2D eigenvalue weighted by Gasteiger charge is -2.14. The Morgan fingerprint density at radius 2 is 1.68 bits per heavy atom. The molecule has 1 N–H and O–H groups in total. The summed E-state index contributed by atoms with van der Waals surface area (Å²) in [5.74, 6) is 1.48. The van der Waals surface area contributed by atoms with E-state index < -0.39 is 6.09 Å². The van der Waals surface area contributed by atoms with E-state index in [1.165, 1.54) is 14.2 Å². The quantitative estimate of drug-likeness (QED) is 0.922. The van der Waals surface area contributed by atoms with Crippen LogP contribution in [-0.2, 0) is 0 Å². The first kappa shape index (κ1) is 13.0. The van der Waals surface area contributed by atoms with Gasteiger partial charge in [0.25, 0.3) is 0 Å². The van der Waals surface area contributed by atoms with Crippen LogP contribution in [0.1, 0.15) is 0 Å². The van der Waals surface area contributed by atoms with Gasteiger partial charge in [0.2, 0.25) is 0 Å². The van der Waals surface area contributed by atoms with Crippen molar-refractivity contribution in [3.05, 3.63) is 30.3 Å². The molecule has 0 saturated carbocycles. The molecule has 0 fully saturated rings. The molecule has 0 saturated heterocycles. The number of hydrogen-bond acceptors (Lipinski definition) is 4. The molecule has 0 aliphatic rings. The van der Waals surface area contributed by atoms with Crippen LogP contribution in [0.2, 0.25) is 0 Å². The van der Waals surface area contributed by atoms with Crippen LogP contribution in [0.3, 0.4) is 0 Å². The normalized spacial score (nSPS) is 10.1. The first-order chi connectivity index (χ1) is 9.21. The van der Waals surface area contributed by atoms with Crippen molar-refractivity contribution in [1.29, 1.82) is 0 Å². The second kappa shape index (κ2) is 5.48. The highest BCUT2D eigenvalue weighted by molar-refractivity contribution is 5.97. The number of rotatable bonds is 3. The minimum Gasteiger partial charge on any atom is -0.496 e. The summed E-state index contributed by atoms with van der Waals surface area (Å²) in [6.45, 7) is 0. The third kappa shape index (κ3) is 2.40. The van der Waals surface area contributed by atoms with Crippen molar-refractivity contribution < 1.29 is 19.0 Å². The molecule has 0 bridgehead atoms. The van der Waals surface area contributed by atoms with Crippen molar-refractivity contribution in [3.63, 3.8) is 0 Å². The maximum atomic E-state index is 11.4. The predicted octanol–water partition coefficient (Wildman–Crippen LogP) is 2.58. The number of nitrogens with one attached hydrogen (secondary N) is 1. The Bertz CT molecular complexity index is 610. The predicted molar refractivity (Wildman–Crippen MR) is 72.1 cm³/mol. The van der Waals surface area contributed by atoms with Crippen molar-refractivity contribution in [1.82, 2.24) is 5.32 Å². The summed E-state index contributed by atoms with van der Waals surface area (Å²) in [4.78, 5) is 11.4. The Morgan fingerprint density at radius 1 is 1.05 bits per heavy atom. The molecule has 0 heterocycles. The van der Waals surface area contributed by atoms with Gasteiger partial charge in [0.05, 0.1) is 14.2 Å². The molecule has 5 nitrogen and oxygen atoms in total.